The van der Waals surface area contributed by atoms with Gasteiger partial charge in [-0.05, 0) is 24.5 Å². The summed E-state index contributed by atoms with van der Waals surface area (Å²) < 4.78 is 0.715. The molecule has 94 valence electrons. The molecule has 0 bridgehead atoms. The Balaban J connectivity index is 3.01. The van der Waals surface area contributed by atoms with Crippen molar-refractivity contribution in [3.63, 3.8) is 0 Å². The third kappa shape index (κ3) is 3.70. The maximum atomic E-state index is 11.0. The minimum Gasteiger partial charge on any atom is -0.377 e. The van der Waals surface area contributed by atoms with Gasteiger partial charge in [-0.1, -0.05) is 36.7 Å². The van der Waals surface area contributed by atoms with Gasteiger partial charge in [0, 0.05) is 16.6 Å². The van der Waals surface area contributed by atoms with E-state index in [2.05, 4.69) is 42.0 Å². The second-order valence-corrected chi connectivity index (χ2v) is 5.24. The van der Waals surface area contributed by atoms with Crippen LogP contribution in [0.25, 0.3) is 0 Å². The van der Waals surface area contributed by atoms with Gasteiger partial charge < -0.3 is 5.32 Å². The summed E-state index contributed by atoms with van der Waals surface area (Å²) in [4.78, 5) is 10.6. The van der Waals surface area contributed by atoms with E-state index >= 15 is 0 Å². The summed E-state index contributed by atoms with van der Waals surface area (Å²) in [6.07, 6.45) is 0.935. The number of hydrogen-bond acceptors (Lipinski definition) is 3. The fraction of sp³-hybridized carbons (Fsp3) is 0.500. The lowest BCUT2D eigenvalue weighted by Crippen LogP contribution is -2.24. The van der Waals surface area contributed by atoms with Crippen LogP contribution >= 0.6 is 15.9 Å². The van der Waals surface area contributed by atoms with Crippen LogP contribution in [0.4, 0.5) is 11.4 Å². The van der Waals surface area contributed by atoms with Gasteiger partial charge in [0.15, 0.2) is 0 Å². The van der Waals surface area contributed by atoms with Crippen molar-refractivity contribution < 1.29 is 4.92 Å². The van der Waals surface area contributed by atoms with Crippen LogP contribution in [-0.2, 0) is 0 Å². The second kappa shape index (κ2) is 6.00. The normalized spacial score (nSPS) is 12.5. The molecular formula is C12H17BrN2O2. The summed E-state index contributed by atoms with van der Waals surface area (Å²) in [7, 11) is 0. The number of halogens is 1. The number of nitro groups is 1. The molecule has 0 saturated heterocycles. The Hall–Kier alpha value is -1.10. The van der Waals surface area contributed by atoms with E-state index in [1.807, 2.05) is 6.07 Å². The molecule has 0 aromatic heterocycles. The Labute approximate surface area is 110 Å². The van der Waals surface area contributed by atoms with Gasteiger partial charge in [0.25, 0.3) is 5.69 Å². The zero-order valence-corrected chi connectivity index (χ0v) is 11.8. The predicted octanol–water partition coefficient (Wildman–Crippen LogP) is 4.20. The van der Waals surface area contributed by atoms with Crippen molar-refractivity contribution in [3.8, 4) is 0 Å². The fourth-order valence-corrected chi connectivity index (χ4v) is 2.07. The molecule has 0 aliphatic heterocycles. The van der Waals surface area contributed by atoms with E-state index in [0.29, 0.717) is 16.1 Å². The van der Waals surface area contributed by atoms with Crippen molar-refractivity contribution in [3.05, 3.63) is 32.8 Å². The van der Waals surface area contributed by atoms with Gasteiger partial charge in [-0.25, -0.2) is 0 Å². The molecule has 1 unspecified atom stereocenters. The van der Waals surface area contributed by atoms with Crippen LogP contribution in [0.2, 0.25) is 0 Å². The highest BCUT2D eigenvalue weighted by atomic mass is 79.9. The SMILES string of the molecule is CCC(Nc1ccc(Br)cc1[N+](=O)[O-])C(C)C. The van der Waals surface area contributed by atoms with Crippen LogP contribution in [0, 0.1) is 16.0 Å². The van der Waals surface area contributed by atoms with E-state index in [-0.39, 0.29) is 16.7 Å². The largest absolute Gasteiger partial charge is 0.377 e. The zero-order valence-electron chi connectivity index (χ0n) is 10.2. The van der Waals surface area contributed by atoms with E-state index in [4.69, 9.17) is 0 Å². The van der Waals surface area contributed by atoms with Crippen LogP contribution in [0.1, 0.15) is 27.2 Å². The van der Waals surface area contributed by atoms with Crippen molar-refractivity contribution >= 4 is 27.3 Å². The smallest absolute Gasteiger partial charge is 0.293 e. The molecule has 4 nitrogen and oxygen atoms in total. The molecule has 1 atom stereocenters. The Morgan fingerprint density at radius 1 is 1.47 bits per heavy atom. The number of anilines is 1. The molecule has 1 aromatic rings. The Morgan fingerprint density at radius 3 is 2.59 bits per heavy atom. The minimum atomic E-state index is -0.361. The number of benzene rings is 1. The number of nitro benzene ring substituents is 1. The third-order valence-corrected chi connectivity index (χ3v) is 3.24. The number of rotatable bonds is 5. The van der Waals surface area contributed by atoms with E-state index in [1.165, 1.54) is 6.07 Å². The highest BCUT2D eigenvalue weighted by Gasteiger charge is 2.18. The number of nitrogens with one attached hydrogen (secondary N) is 1. The lowest BCUT2D eigenvalue weighted by atomic mass is 10.0. The first kappa shape index (κ1) is 14.0. The Bertz CT molecular complexity index is 407. The van der Waals surface area contributed by atoms with E-state index in [1.54, 1.807) is 6.07 Å². The zero-order chi connectivity index (χ0) is 13.0. The van der Waals surface area contributed by atoms with Crippen molar-refractivity contribution in [1.29, 1.82) is 0 Å². The molecule has 0 saturated carbocycles. The molecule has 1 aromatic carbocycles. The average Bonchev–Trinajstić information content (AvgIpc) is 2.26. The lowest BCUT2D eigenvalue weighted by molar-refractivity contribution is -0.384. The first-order valence-electron chi connectivity index (χ1n) is 5.66. The van der Waals surface area contributed by atoms with Crippen LogP contribution in [0.15, 0.2) is 22.7 Å². The van der Waals surface area contributed by atoms with Crippen molar-refractivity contribution in [2.75, 3.05) is 5.32 Å². The summed E-state index contributed by atoms with van der Waals surface area (Å²) in [6.45, 7) is 6.28. The molecule has 0 aliphatic rings. The topological polar surface area (TPSA) is 55.2 Å². The molecule has 1 rings (SSSR count). The van der Waals surface area contributed by atoms with E-state index in [9.17, 15) is 10.1 Å². The lowest BCUT2D eigenvalue weighted by Gasteiger charge is -2.21. The highest BCUT2D eigenvalue weighted by molar-refractivity contribution is 9.10. The molecule has 0 spiro atoms. The Kier molecular flexibility index (Phi) is 4.93. The van der Waals surface area contributed by atoms with Gasteiger partial charge in [0.1, 0.15) is 5.69 Å². The summed E-state index contributed by atoms with van der Waals surface area (Å²) in [6, 6.07) is 5.32. The molecule has 17 heavy (non-hydrogen) atoms. The minimum absolute atomic E-state index is 0.110. The summed E-state index contributed by atoms with van der Waals surface area (Å²) in [5, 5.41) is 14.2. The standard InChI is InChI=1S/C12H17BrN2O2/c1-4-10(8(2)3)14-11-6-5-9(13)7-12(11)15(16)17/h5-8,10,14H,4H2,1-3H3. The molecule has 0 aliphatic carbocycles. The van der Waals surface area contributed by atoms with Crippen LogP contribution < -0.4 is 5.32 Å². The summed E-state index contributed by atoms with van der Waals surface area (Å²) in [5.74, 6) is 0.434. The highest BCUT2D eigenvalue weighted by Crippen LogP contribution is 2.29. The van der Waals surface area contributed by atoms with Gasteiger partial charge in [-0.2, -0.15) is 0 Å². The van der Waals surface area contributed by atoms with E-state index in [0.717, 1.165) is 6.42 Å². The monoisotopic (exact) mass is 300 g/mol. The molecular weight excluding hydrogens is 284 g/mol. The quantitative estimate of drug-likeness (QED) is 0.655. The molecule has 1 N–H and O–H groups in total. The van der Waals surface area contributed by atoms with Crippen molar-refractivity contribution in [2.24, 2.45) is 5.92 Å². The van der Waals surface area contributed by atoms with Crippen LogP contribution in [0.5, 0.6) is 0 Å². The summed E-state index contributed by atoms with van der Waals surface area (Å²) in [5.41, 5.74) is 0.692. The van der Waals surface area contributed by atoms with Crippen LogP contribution in [0.3, 0.4) is 0 Å². The fourth-order valence-electron chi connectivity index (χ4n) is 1.72. The summed E-state index contributed by atoms with van der Waals surface area (Å²) >= 11 is 3.24. The third-order valence-electron chi connectivity index (χ3n) is 2.74. The molecule has 0 heterocycles. The predicted molar refractivity (Wildman–Crippen MR) is 73.3 cm³/mol. The number of hydrogen-bond donors (Lipinski definition) is 1. The Morgan fingerprint density at radius 2 is 2.12 bits per heavy atom. The first-order chi connectivity index (χ1) is 7.95. The second-order valence-electron chi connectivity index (χ2n) is 4.32. The van der Waals surface area contributed by atoms with Gasteiger partial charge in [-0.3, -0.25) is 10.1 Å². The molecule has 0 fully saturated rings. The molecule has 0 radical (unpaired) electrons. The van der Waals surface area contributed by atoms with Gasteiger partial charge in [-0.15, -0.1) is 0 Å². The van der Waals surface area contributed by atoms with Gasteiger partial charge >= 0.3 is 0 Å². The molecule has 0 amide bonds. The van der Waals surface area contributed by atoms with Crippen molar-refractivity contribution in [2.45, 2.75) is 33.2 Å². The maximum absolute atomic E-state index is 11.0. The first-order valence-corrected chi connectivity index (χ1v) is 6.45. The van der Waals surface area contributed by atoms with Gasteiger partial charge in [0.05, 0.1) is 4.92 Å². The average molecular weight is 301 g/mol. The molecule has 5 heteroatoms. The van der Waals surface area contributed by atoms with Gasteiger partial charge in [0.2, 0.25) is 0 Å². The van der Waals surface area contributed by atoms with Crippen molar-refractivity contribution in [1.82, 2.24) is 0 Å². The van der Waals surface area contributed by atoms with E-state index < -0.39 is 0 Å². The van der Waals surface area contributed by atoms with Crippen LogP contribution in [-0.4, -0.2) is 11.0 Å². The maximum Gasteiger partial charge on any atom is 0.293 e. The number of nitrogens with zero attached hydrogens (tertiary/aromatic N) is 1.